The second kappa shape index (κ2) is 7.14. The van der Waals surface area contributed by atoms with Gasteiger partial charge in [0.1, 0.15) is 0 Å². The third-order valence-corrected chi connectivity index (χ3v) is 5.03. The Kier molecular flexibility index (Phi) is 4.54. The molecule has 1 fully saturated rings. The summed E-state index contributed by atoms with van der Waals surface area (Å²) in [6.45, 7) is 1.50. The zero-order chi connectivity index (χ0) is 17.9. The summed E-state index contributed by atoms with van der Waals surface area (Å²) in [7, 11) is 0. The highest BCUT2D eigenvalue weighted by Gasteiger charge is 2.37. The van der Waals surface area contributed by atoms with Crippen molar-refractivity contribution in [2.45, 2.75) is 12.5 Å². The lowest BCUT2D eigenvalue weighted by Crippen LogP contribution is -2.53. The monoisotopic (exact) mass is 347 g/mol. The molecule has 0 saturated carbocycles. The minimum atomic E-state index is -0.366. The first kappa shape index (κ1) is 16.5. The molecule has 3 N–H and O–H groups in total. The fourth-order valence-electron chi connectivity index (χ4n) is 3.62. The van der Waals surface area contributed by atoms with Crippen LogP contribution in [0.4, 0.5) is 5.69 Å². The summed E-state index contributed by atoms with van der Waals surface area (Å²) >= 11 is 0. The van der Waals surface area contributed by atoms with E-state index in [9.17, 15) is 9.59 Å². The molecule has 132 valence electrons. The van der Waals surface area contributed by atoms with Gasteiger partial charge in [-0.05, 0) is 24.6 Å². The molecule has 4 rings (SSSR count). The van der Waals surface area contributed by atoms with Crippen molar-refractivity contribution >= 4 is 17.4 Å². The molecule has 0 bridgehead atoms. The van der Waals surface area contributed by atoms with Crippen LogP contribution in [0.2, 0.25) is 0 Å². The van der Waals surface area contributed by atoms with Crippen molar-refractivity contribution in [2.75, 3.05) is 18.4 Å². The van der Waals surface area contributed by atoms with Crippen LogP contribution in [0.3, 0.4) is 0 Å². The van der Waals surface area contributed by atoms with Gasteiger partial charge in [-0.2, -0.15) is 0 Å². The number of piperidine rings is 1. The number of amides is 1. The van der Waals surface area contributed by atoms with E-state index in [0.29, 0.717) is 12.2 Å². The Morgan fingerprint density at radius 2 is 1.81 bits per heavy atom. The number of Topliss-reactive ketones (excluding diaryl/α,β-unsaturated/α-hetero) is 1. The van der Waals surface area contributed by atoms with Gasteiger partial charge in [-0.1, -0.05) is 48.5 Å². The first-order valence-electron chi connectivity index (χ1n) is 8.91. The number of nitrogens with one attached hydrogen (secondary N) is 3. The normalized spacial score (nSPS) is 22.0. The molecule has 2 aliphatic rings. The highest BCUT2D eigenvalue weighted by Crippen LogP contribution is 2.28. The molecule has 0 aliphatic carbocycles. The van der Waals surface area contributed by atoms with Gasteiger partial charge in [0.05, 0.1) is 11.5 Å². The van der Waals surface area contributed by atoms with Gasteiger partial charge in [0, 0.05) is 30.0 Å². The van der Waals surface area contributed by atoms with Gasteiger partial charge in [0.25, 0.3) is 5.91 Å². The topological polar surface area (TPSA) is 70.2 Å². The predicted molar refractivity (Wildman–Crippen MR) is 101 cm³/mol. The average molecular weight is 347 g/mol. The second-order valence-corrected chi connectivity index (χ2v) is 6.66. The fraction of sp³-hybridized carbons (Fsp3) is 0.238. The quantitative estimate of drug-likeness (QED) is 0.746. The summed E-state index contributed by atoms with van der Waals surface area (Å²) in [5.41, 5.74) is 2.83. The van der Waals surface area contributed by atoms with Crippen molar-refractivity contribution < 1.29 is 9.59 Å². The van der Waals surface area contributed by atoms with Crippen LogP contribution in [-0.4, -0.2) is 30.8 Å². The zero-order valence-corrected chi connectivity index (χ0v) is 14.4. The van der Waals surface area contributed by atoms with E-state index >= 15 is 0 Å². The number of benzene rings is 2. The van der Waals surface area contributed by atoms with Crippen LogP contribution in [0.15, 0.2) is 66.4 Å². The summed E-state index contributed by atoms with van der Waals surface area (Å²) < 4.78 is 0. The number of ketones is 1. The average Bonchev–Trinajstić information content (AvgIpc) is 2.69. The Morgan fingerprint density at radius 3 is 2.65 bits per heavy atom. The molecule has 2 heterocycles. The maximum absolute atomic E-state index is 12.8. The van der Waals surface area contributed by atoms with E-state index in [1.807, 2.05) is 54.6 Å². The van der Waals surface area contributed by atoms with Crippen LogP contribution in [0.5, 0.6) is 0 Å². The molecule has 2 atom stereocenters. The van der Waals surface area contributed by atoms with Gasteiger partial charge in [0.2, 0.25) is 0 Å². The summed E-state index contributed by atoms with van der Waals surface area (Å²) in [5, 5.41) is 9.38. The molecule has 1 amide bonds. The molecule has 0 aromatic heterocycles. The Bertz CT molecular complexity index is 861. The molecule has 5 heteroatoms. The molecule has 2 aromatic rings. The number of carbonyl (C=O) groups is 2. The van der Waals surface area contributed by atoms with Gasteiger partial charge in [-0.3, -0.25) is 9.59 Å². The van der Waals surface area contributed by atoms with Crippen LogP contribution < -0.4 is 16.0 Å². The van der Waals surface area contributed by atoms with Crippen LogP contribution in [0.25, 0.3) is 11.1 Å². The zero-order valence-electron chi connectivity index (χ0n) is 14.4. The predicted octanol–water partition coefficient (Wildman–Crippen LogP) is 2.33. The van der Waals surface area contributed by atoms with E-state index in [1.165, 1.54) is 0 Å². The summed E-state index contributed by atoms with van der Waals surface area (Å²) in [6, 6.07) is 17.6. The lowest BCUT2D eigenvalue weighted by molar-refractivity contribution is -0.124. The molecule has 0 radical (unpaired) electrons. The lowest BCUT2D eigenvalue weighted by Gasteiger charge is -2.35. The Labute approximate surface area is 152 Å². The maximum atomic E-state index is 12.8. The van der Waals surface area contributed by atoms with Crippen molar-refractivity contribution in [3.63, 3.8) is 0 Å². The number of fused-ring (bicyclic) bond motifs is 1. The van der Waals surface area contributed by atoms with E-state index in [4.69, 9.17) is 0 Å². The largest absolute Gasteiger partial charge is 0.387 e. The molecule has 0 spiro atoms. The van der Waals surface area contributed by atoms with E-state index in [-0.39, 0.29) is 29.2 Å². The second-order valence-electron chi connectivity index (χ2n) is 6.66. The Balaban J connectivity index is 1.58. The molecule has 26 heavy (non-hydrogen) atoms. The van der Waals surface area contributed by atoms with E-state index < -0.39 is 0 Å². The lowest BCUT2D eigenvalue weighted by atomic mass is 9.84. The molecular formula is C21H21N3O2. The molecule has 5 nitrogen and oxygen atoms in total. The number of hydrogen-bond donors (Lipinski definition) is 3. The van der Waals surface area contributed by atoms with Gasteiger partial charge < -0.3 is 16.0 Å². The van der Waals surface area contributed by atoms with Crippen LogP contribution in [-0.2, 0) is 9.59 Å². The molecular weight excluding hydrogens is 326 g/mol. The molecule has 2 aromatic carbocycles. The first-order valence-corrected chi connectivity index (χ1v) is 8.91. The first-order chi connectivity index (χ1) is 12.7. The van der Waals surface area contributed by atoms with E-state index in [0.717, 1.165) is 24.1 Å². The number of anilines is 1. The maximum Gasteiger partial charge on any atom is 0.260 e. The Morgan fingerprint density at radius 1 is 1.04 bits per heavy atom. The molecule has 2 aliphatic heterocycles. The summed E-state index contributed by atoms with van der Waals surface area (Å²) in [6.07, 6.45) is 2.47. The van der Waals surface area contributed by atoms with Crippen molar-refractivity contribution in [3.05, 3.63) is 66.4 Å². The van der Waals surface area contributed by atoms with Crippen molar-refractivity contribution in [1.82, 2.24) is 10.6 Å². The number of hydrogen-bond acceptors (Lipinski definition) is 4. The van der Waals surface area contributed by atoms with Crippen molar-refractivity contribution in [1.29, 1.82) is 0 Å². The van der Waals surface area contributed by atoms with Gasteiger partial charge >= 0.3 is 0 Å². The van der Waals surface area contributed by atoms with Crippen molar-refractivity contribution in [3.8, 4) is 11.1 Å². The van der Waals surface area contributed by atoms with Crippen LogP contribution in [0.1, 0.15) is 6.42 Å². The number of carbonyl (C=O) groups excluding carboxylic acids is 2. The summed E-state index contributed by atoms with van der Waals surface area (Å²) in [5.74, 6) is -0.635. The van der Waals surface area contributed by atoms with Gasteiger partial charge in [-0.15, -0.1) is 0 Å². The van der Waals surface area contributed by atoms with Crippen LogP contribution >= 0.6 is 0 Å². The van der Waals surface area contributed by atoms with E-state index in [2.05, 4.69) is 16.0 Å². The van der Waals surface area contributed by atoms with Gasteiger partial charge in [-0.25, -0.2) is 0 Å². The minimum absolute atomic E-state index is 0.0874. The smallest absolute Gasteiger partial charge is 0.260 e. The number of para-hydroxylation sites is 1. The van der Waals surface area contributed by atoms with Crippen molar-refractivity contribution in [2.24, 2.45) is 5.92 Å². The highest BCUT2D eigenvalue weighted by atomic mass is 16.2. The fourth-order valence-corrected chi connectivity index (χ4v) is 3.62. The van der Waals surface area contributed by atoms with Gasteiger partial charge in [0.15, 0.2) is 5.78 Å². The third-order valence-electron chi connectivity index (χ3n) is 5.03. The third kappa shape index (κ3) is 3.13. The molecule has 1 saturated heterocycles. The SMILES string of the molecule is O=C(Nc1ccccc1-c1ccccc1)C1=CNC2CCNCC2C1=O. The highest BCUT2D eigenvalue weighted by molar-refractivity contribution is 6.25. The number of rotatable bonds is 3. The standard InChI is InChI=1S/C21H21N3O2/c25-20-16-12-22-11-10-18(16)23-13-17(20)21(26)24-19-9-5-4-8-15(19)14-6-2-1-3-7-14/h1-9,13,16,18,22-23H,10-12H2,(H,24,26). The van der Waals surface area contributed by atoms with E-state index in [1.54, 1.807) is 6.20 Å². The molecule has 2 unspecified atom stereocenters. The Hall–Kier alpha value is -2.92. The summed E-state index contributed by atoms with van der Waals surface area (Å²) in [4.78, 5) is 25.5. The minimum Gasteiger partial charge on any atom is -0.387 e. The van der Waals surface area contributed by atoms with Crippen LogP contribution in [0, 0.1) is 5.92 Å².